The highest BCUT2D eigenvalue weighted by molar-refractivity contribution is 5.95. The van der Waals surface area contributed by atoms with Gasteiger partial charge in [-0.1, -0.05) is 35.9 Å². The average Bonchev–Trinajstić information content (AvgIpc) is 3.01. The molecule has 6 heteroatoms. The quantitative estimate of drug-likeness (QED) is 0.530. The summed E-state index contributed by atoms with van der Waals surface area (Å²) >= 11 is 0. The Balaban J connectivity index is 1.76. The number of aryl methyl sites for hydroxylation is 4. The van der Waals surface area contributed by atoms with Gasteiger partial charge in [0.05, 0.1) is 17.3 Å². The molecule has 0 aliphatic rings. The van der Waals surface area contributed by atoms with E-state index in [9.17, 15) is 9.59 Å². The molecule has 1 unspecified atom stereocenters. The van der Waals surface area contributed by atoms with Crippen LogP contribution < -0.4 is 10.9 Å². The van der Waals surface area contributed by atoms with E-state index in [1.807, 2.05) is 87.7 Å². The van der Waals surface area contributed by atoms with E-state index in [4.69, 9.17) is 0 Å². The largest absolute Gasteiger partial charge is 0.336 e. The standard InChI is InChI=1S/C25H26N4O2/c1-15-11-12-22(16(2)13-15)27-24(30)19(5)28-17(3)21-14-26-29(20-9-7-6-8-10-20)25(31)23(21)18(28)4/h6-14,19H,1-5H3,(H,27,30). The van der Waals surface area contributed by atoms with Crippen LogP contribution in [0.15, 0.2) is 59.5 Å². The zero-order chi connectivity index (χ0) is 22.3. The van der Waals surface area contributed by atoms with E-state index < -0.39 is 6.04 Å². The maximum atomic E-state index is 13.3. The summed E-state index contributed by atoms with van der Waals surface area (Å²) in [6, 6.07) is 14.8. The number of carbonyl (C=O) groups excluding carboxylic acids is 1. The highest BCUT2D eigenvalue weighted by Crippen LogP contribution is 2.27. The second kappa shape index (κ2) is 7.87. The van der Waals surface area contributed by atoms with Crippen LogP contribution in [0, 0.1) is 27.7 Å². The molecule has 0 saturated carbocycles. The van der Waals surface area contributed by atoms with Crippen molar-refractivity contribution in [2.24, 2.45) is 0 Å². The predicted octanol–water partition coefficient (Wildman–Crippen LogP) is 4.62. The van der Waals surface area contributed by atoms with Gasteiger partial charge in [-0.25, -0.2) is 0 Å². The van der Waals surface area contributed by atoms with Gasteiger partial charge in [0.15, 0.2) is 0 Å². The van der Waals surface area contributed by atoms with Crippen LogP contribution in [0.3, 0.4) is 0 Å². The second-order valence-corrected chi connectivity index (χ2v) is 8.01. The molecule has 4 aromatic rings. The van der Waals surface area contributed by atoms with E-state index in [2.05, 4.69) is 10.4 Å². The molecule has 0 aliphatic carbocycles. The molecular weight excluding hydrogens is 388 g/mol. The summed E-state index contributed by atoms with van der Waals surface area (Å²) in [4.78, 5) is 26.3. The number of fused-ring (bicyclic) bond motifs is 1. The number of hydrogen-bond acceptors (Lipinski definition) is 3. The van der Waals surface area contributed by atoms with Gasteiger partial charge in [0.2, 0.25) is 5.91 Å². The van der Waals surface area contributed by atoms with Gasteiger partial charge in [-0.05, 0) is 58.4 Å². The fourth-order valence-corrected chi connectivity index (χ4v) is 4.22. The van der Waals surface area contributed by atoms with Crippen molar-refractivity contribution < 1.29 is 4.79 Å². The number of rotatable bonds is 4. The minimum Gasteiger partial charge on any atom is -0.336 e. The molecule has 0 fully saturated rings. The highest BCUT2D eigenvalue weighted by atomic mass is 16.2. The molecule has 0 aliphatic heterocycles. The third-order valence-electron chi connectivity index (χ3n) is 5.86. The molecule has 6 nitrogen and oxygen atoms in total. The Kier molecular flexibility index (Phi) is 5.23. The number of aromatic nitrogens is 3. The molecule has 158 valence electrons. The van der Waals surface area contributed by atoms with Gasteiger partial charge >= 0.3 is 0 Å². The second-order valence-electron chi connectivity index (χ2n) is 8.01. The Hall–Kier alpha value is -3.67. The lowest BCUT2D eigenvalue weighted by Crippen LogP contribution is -2.25. The lowest BCUT2D eigenvalue weighted by molar-refractivity contribution is -0.118. The molecule has 0 spiro atoms. The van der Waals surface area contributed by atoms with Crippen LogP contribution in [0.1, 0.15) is 35.5 Å². The van der Waals surface area contributed by atoms with Crippen LogP contribution >= 0.6 is 0 Å². The van der Waals surface area contributed by atoms with Gasteiger partial charge < -0.3 is 9.88 Å². The Morgan fingerprint density at radius 3 is 2.39 bits per heavy atom. The number of hydrogen-bond donors (Lipinski definition) is 1. The predicted molar refractivity (Wildman–Crippen MR) is 124 cm³/mol. The summed E-state index contributed by atoms with van der Waals surface area (Å²) in [6.07, 6.45) is 1.71. The molecule has 2 heterocycles. The molecule has 2 aromatic carbocycles. The zero-order valence-electron chi connectivity index (χ0n) is 18.4. The van der Waals surface area contributed by atoms with Crippen molar-refractivity contribution in [3.05, 3.63) is 87.6 Å². The lowest BCUT2D eigenvalue weighted by Gasteiger charge is -2.19. The van der Waals surface area contributed by atoms with Crippen molar-refractivity contribution in [3.63, 3.8) is 0 Å². The molecular formula is C25H26N4O2. The van der Waals surface area contributed by atoms with Gasteiger partial charge in [-0.2, -0.15) is 9.78 Å². The van der Waals surface area contributed by atoms with Crippen LogP contribution in [0.25, 0.3) is 16.5 Å². The van der Waals surface area contributed by atoms with Gasteiger partial charge in [-0.15, -0.1) is 0 Å². The molecule has 4 rings (SSSR count). The van der Waals surface area contributed by atoms with Crippen molar-refractivity contribution >= 4 is 22.4 Å². The van der Waals surface area contributed by atoms with E-state index in [1.165, 1.54) is 4.68 Å². The van der Waals surface area contributed by atoms with Crippen molar-refractivity contribution in [2.45, 2.75) is 40.7 Å². The fraction of sp³-hybridized carbons (Fsp3) is 0.240. The Morgan fingerprint density at radius 1 is 1.00 bits per heavy atom. The smallest absolute Gasteiger partial charge is 0.281 e. The van der Waals surface area contributed by atoms with Gasteiger partial charge in [-0.3, -0.25) is 9.59 Å². The lowest BCUT2D eigenvalue weighted by atomic mass is 10.1. The molecule has 1 N–H and O–H groups in total. The summed E-state index contributed by atoms with van der Waals surface area (Å²) in [6.45, 7) is 9.65. The van der Waals surface area contributed by atoms with E-state index >= 15 is 0 Å². The zero-order valence-corrected chi connectivity index (χ0v) is 18.4. The molecule has 0 radical (unpaired) electrons. The number of para-hydroxylation sites is 1. The van der Waals surface area contributed by atoms with E-state index in [0.29, 0.717) is 11.1 Å². The van der Waals surface area contributed by atoms with Crippen molar-refractivity contribution in [2.75, 3.05) is 5.32 Å². The first-order valence-corrected chi connectivity index (χ1v) is 10.3. The van der Waals surface area contributed by atoms with E-state index in [-0.39, 0.29) is 11.5 Å². The number of anilines is 1. The number of nitrogens with one attached hydrogen (secondary N) is 1. The molecule has 0 saturated heterocycles. The van der Waals surface area contributed by atoms with Crippen molar-refractivity contribution in [1.29, 1.82) is 0 Å². The summed E-state index contributed by atoms with van der Waals surface area (Å²) in [7, 11) is 0. The number of nitrogens with zero attached hydrogens (tertiary/aromatic N) is 3. The monoisotopic (exact) mass is 414 g/mol. The van der Waals surface area contributed by atoms with Gasteiger partial charge in [0, 0.05) is 22.5 Å². The van der Waals surface area contributed by atoms with Gasteiger partial charge in [0.25, 0.3) is 5.56 Å². The van der Waals surface area contributed by atoms with Crippen LogP contribution in [0.5, 0.6) is 0 Å². The summed E-state index contributed by atoms with van der Waals surface area (Å²) in [5.41, 5.74) is 5.08. The Labute approximate surface area is 181 Å². The minimum atomic E-state index is -0.488. The summed E-state index contributed by atoms with van der Waals surface area (Å²) in [5, 5.41) is 8.75. The van der Waals surface area contributed by atoms with E-state index in [0.717, 1.165) is 33.6 Å². The summed E-state index contributed by atoms with van der Waals surface area (Å²) < 4.78 is 3.32. The SMILES string of the molecule is Cc1ccc(NC(=O)C(C)n2c(C)c3cnn(-c4ccccc4)c(=O)c3c2C)c(C)c1. The first-order chi connectivity index (χ1) is 14.8. The molecule has 0 bridgehead atoms. The maximum absolute atomic E-state index is 13.3. The third-order valence-corrected chi connectivity index (χ3v) is 5.86. The van der Waals surface area contributed by atoms with Crippen molar-refractivity contribution in [1.82, 2.24) is 14.3 Å². The van der Waals surface area contributed by atoms with Crippen molar-refractivity contribution in [3.8, 4) is 5.69 Å². The summed E-state index contributed by atoms with van der Waals surface area (Å²) in [5.74, 6) is -0.130. The Bertz CT molecular complexity index is 1350. The molecule has 1 atom stereocenters. The third kappa shape index (κ3) is 3.54. The normalized spacial score (nSPS) is 12.2. The number of amides is 1. The van der Waals surface area contributed by atoms with Gasteiger partial charge in [0.1, 0.15) is 6.04 Å². The first kappa shape index (κ1) is 20.6. The van der Waals surface area contributed by atoms with Crippen LogP contribution in [-0.2, 0) is 4.79 Å². The molecule has 1 amide bonds. The highest BCUT2D eigenvalue weighted by Gasteiger charge is 2.24. The topological polar surface area (TPSA) is 68.9 Å². The van der Waals surface area contributed by atoms with E-state index in [1.54, 1.807) is 6.20 Å². The molecule has 2 aromatic heterocycles. The maximum Gasteiger partial charge on any atom is 0.281 e. The Morgan fingerprint density at radius 2 is 1.71 bits per heavy atom. The first-order valence-electron chi connectivity index (χ1n) is 10.3. The molecule has 31 heavy (non-hydrogen) atoms. The fourth-order valence-electron chi connectivity index (χ4n) is 4.22. The van der Waals surface area contributed by atoms with Crippen LogP contribution in [0.4, 0.5) is 5.69 Å². The number of benzene rings is 2. The van der Waals surface area contributed by atoms with Crippen LogP contribution in [-0.4, -0.2) is 20.3 Å². The average molecular weight is 415 g/mol. The number of carbonyl (C=O) groups is 1. The minimum absolute atomic E-state index is 0.130. The van der Waals surface area contributed by atoms with Crippen LogP contribution in [0.2, 0.25) is 0 Å².